The van der Waals surface area contributed by atoms with Crippen molar-refractivity contribution in [2.75, 3.05) is 5.32 Å². The van der Waals surface area contributed by atoms with Crippen molar-refractivity contribution in [2.45, 2.75) is 52.0 Å². The Balaban J connectivity index is 1.90. The summed E-state index contributed by atoms with van der Waals surface area (Å²) in [6.07, 6.45) is 8.46. The van der Waals surface area contributed by atoms with Crippen LogP contribution in [0.4, 0.5) is 11.6 Å². The van der Waals surface area contributed by atoms with E-state index in [4.69, 9.17) is 0 Å². The predicted octanol–water partition coefficient (Wildman–Crippen LogP) is 4.61. The monoisotopic (exact) mass is 269 g/mol. The highest BCUT2D eigenvalue weighted by Crippen LogP contribution is 2.33. The van der Waals surface area contributed by atoms with Gasteiger partial charge in [0.1, 0.15) is 0 Å². The molecule has 1 aliphatic carbocycles. The molecule has 0 amide bonds. The zero-order chi connectivity index (χ0) is 13.9. The molecule has 0 unspecified atom stereocenters. The molecule has 0 saturated heterocycles. The number of nitrogens with zero attached hydrogens (tertiary/aromatic N) is 2. The van der Waals surface area contributed by atoms with Crippen LogP contribution in [0.3, 0.4) is 0 Å². The third-order valence-corrected chi connectivity index (χ3v) is 4.22. The highest BCUT2D eigenvalue weighted by molar-refractivity contribution is 5.59. The fourth-order valence-electron chi connectivity index (χ4n) is 3.14. The van der Waals surface area contributed by atoms with E-state index in [0.29, 0.717) is 6.04 Å². The summed E-state index contributed by atoms with van der Waals surface area (Å²) < 4.78 is 2.34. The molecule has 1 aliphatic rings. The van der Waals surface area contributed by atoms with Crippen LogP contribution in [-0.4, -0.2) is 9.55 Å². The average Bonchev–Trinajstić information content (AvgIpc) is 3.09. The first kappa shape index (κ1) is 13.2. The number of rotatable bonds is 4. The zero-order valence-corrected chi connectivity index (χ0v) is 12.4. The number of hydrogen-bond donors (Lipinski definition) is 1. The van der Waals surface area contributed by atoms with Crippen molar-refractivity contribution in [1.29, 1.82) is 0 Å². The summed E-state index contributed by atoms with van der Waals surface area (Å²) in [5.74, 6) is 0.996. The summed E-state index contributed by atoms with van der Waals surface area (Å²) in [6, 6.07) is 9.11. The van der Waals surface area contributed by atoms with Crippen LogP contribution in [0.25, 0.3) is 0 Å². The molecule has 3 rings (SSSR count). The lowest BCUT2D eigenvalue weighted by atomic mass is 10.1. The van der Waals surface area contributed by atoms with Crippen LogP contribution in [0.1, 0.15) is 49.9 Å². The van der Waals surface area contributed by atoms with E-state index in [-0.39, 0.29) is 0 Å². The number of imidazole rings is 1. The van der Waals surface area contributed by atoms with Crippen molar-refractivity contribution in [1.82, 2.24) is 9.55 Å². The maximum Gasteiger partial charge on any atom is 0.207 e. The van der Waals surface area contributed by atoms with Crippen LogP contribution in [0, 0.1) is 6.92 Å². The lowest BCUT2D eigenvalue weighted by Crippen LogP contribution is -2.08. The molecular weight excluding hydrogens is 246 g/mol. The maximum absolute atomic E-state index is 4.68. The summed E-state index contributed by atoms with van der Waals surface area (Å²) >= 11 is 0. The number of benzene rings is 1. The molecule has 1 aromatic carbocycles. The molecule has 0 aliphatic heterocycles. The van der Waals surface area contributed by atoms with Gasteiger partial charge in [0, 0.05) is 17.9 Å². The topological polar surface area (TPSA) is 29.9 Å². The number of para-hydroxylation sites is 1. The molecule has 0 bridgehead atoms. The van der Waals surface area contributed by atoms with Crippen molar-refractivity contribution in [3.05, 3.63) is 41.7 Å². The minimum absolute atomic E-state index is 0.618. The summed E-state index contributed by atoms with van der Waals surface area (Å²) in [6.45, 7) is 4.26. The van der Waals surface area contributed by atoms with Crippen LogP contribution in [0.15, 0.2) is 30.5 Å². The smallest absolute Gasteiger partial charge is 0.207 e. The summed E-state index contributed by atoms with van der Waals surface area (Å²) in [4.78, 5) is 4.68. The van der Waals surface area contributed by atoms with Gasteiger partial charge >= 0.3 is 0 Å². The second-order valence-corrected chi connectivity index (χ2v) is 5.69. The number of aromatic nitrogens is 2. The van der Waals surface area contributed by atoms with Gasteiger partial charge in [0.15, 0.2) is 0 Å². The van der Waals surface area contributed by atoms with Crippen molar-refractivity contribution < 1.29 is 0 Å². The first-order valence-electron chi connectivity index (χ1n) is 7.68. The van der Waals surface area contributed by atoms with Gasteiger partial charge in [-0.2, -0.15) is 0 Å². The largest absolute Gasteiger partial charge is 0.325 e. The Morgan fingerprint density at radius 2 is 2.00 bits per heavy atom. The van der Waals surface area contributed by atoms with E-state index in [1.807, 2.05) is 0 Å². The number of hydrogen-bond acceptors (Lipinski definition) is 2. The Hall–Kier alpha value is -1.77. The van der Waals surface area contributed by atoms with Crippen LogP contribution in [0.2, 0.25) is 0 Å². The SMILES string of the molecule is CCc1ccccc1Nc1nc(C)cn1C1CCCC1. The Labute approximate surface area is 121 Å². The lowest BCUT2D eigenvalue weighted by molar-refractivity contribution is 0.524. The molecule has 20 heavy (non-hydrogen) atoms. The molecule has 3 heteroatoms. The van der Waals surface area contributed by atoms with E-state index >= 15 is 0 Å². The van der Waals surface area contributed by atoms with Gasteiger partial charge in [0.25, 0.3) is 0 Å². The van der Waals surface area contributed by atoms with E-state index in [0.717, 1.165) is 18.1 Å². The third-order valence-electron chi connectivity index (χ3n) is 4.22. The second kappa shape index (κ2) is 5.70. The summed E-state index contributed by atoms with van der Waals surface area (Å²) in [5.41, 5.74) is 3.61. The molecule has 2 aromatic rings. The van der Waals surface area contributed by atoms with E-state index in [1.54, 1.807) is 0 Å². The molecule has 1 saturated carbocycles. The van der Waals surface area contributed by atoms with Crippen LogP contribution in [0.5, 0.6) is 0 Å². The highest BCUT2D eigenvalue weighted by atomic mass is 15.2. The zero-order valence-electron chi connectivity index (χ0n) is 12.4. The van der Waals surface area contributed by atoms with Gasteiger partial charge in [-0.05, 0) is 37.8 Å². The number of nitrogens with one attached hydrogen (secondary N) is 1. The van der Waals surface area contributed by atoms with Crippen molar-refractivity contribution in [3.63, 3.8) is 0 Å². The van der Waals surface area contributed by atoms with Crippen LogP contribution in [-0.2, 0) is 6.42 Å². The fraction of sp³-hybridized carbons (Fsp3) is 0.471. The quantitative estimate of drug-likeness (QED) is 0.878. The van der Waals surface area contributed by atoms with Crippen molar-refractivity contribution in [3.8, 4) is 0 Å². The third kappa shape index (κ3) is 2.58. The first-order chi connectivity index (χ1) is 9.78. The molecule has 1 N–H and O–H groups in total. The minimum atomic E-state index is 0.618. The Morgan fingerprint density at radius 1 is 1.25 bits per heavy atom. The predicted molar refractivity (Wildman–Crippen MR) is 83.6 cm³/mol. The van der Waals surface area contributed by atoms with Gasteiger partial charge in [-0.1, -0.05) is 38.0 Å². The normalized spacial score (nSPS) is 15.7. The molecule has 3 nitrogen and oxygen atoms in total. The summed E-state index contributed by atoms with van der Waals surface area (Å²) in [7, 11) is 0. The Kier molecular flexibility index (Phi) is 3.77. The molecule has 1 heterocycles. The van der Waals surface area contributed by atoms with Gasteiger partial charge < -0.3 is 9.88 Å². The van der Waals surface area contributed by atoms with E-state index in [1.165, 1.54) is 36.9 Å². The van der Waals surface area contributed by atoms with E-state index in [2.05, 4.69) is 59.2 Å². The van der Waals surface area contributed by atoms with E-state index < -0.39 is 0 Å². The van der Waals surface area contributed by atoms with E-state index in [9.17, 15) is 0 Å². The Morgan fingerprint density at radius 3 is 2.75 bits per heavy atom. The fourth-order valence-corrected chi connectivity index (χ4v) is 3.14. The standard InChI is InChI=1S/C17H23N3/c1-3-14-8-4-7-11-16(14)19-17-18-13(2)12-20(17)15-9-5-6-10-15/h4,7-8,11-12,15H,3,5-6,9-10H2,1-2H3,(H,18,19). The van der Waals surface area contributed by atoms with Gasteiger partial charge in [0.05, 0.1) is 5.69 Å². The number of anilines is 2. The molecule has 1 aromatic heterocycles. The van der Waals surface area contributed by atoms with Crippen LogP contribution < -0.4 is 5.32 Å². The lowest BCUT2D eigenvalue weighted by Gasteiger charge is -2.17. The molecule has 0 atom stereocenters. The highest BCUT2D eigenvalue weighted by Gasteiger charge is 2.20. The maximum atomic E-state index is 4.68. The first-order valence-corrected chi connectivity index (χ1v) is 7.68. The van der Waals surface area contributed by atoms with Gasteiger partial charge in [-0.25, -0.2) is 4.98 Å². The van der Waals surface area contributed by atoms with Crippen molar-refractivity contribution in [2.24, 2.45) is 0 Å². The average molecular weight is 269 g/mol. The van der Waals surface area contributed by atoms with Crippen LogP contribution >= 0.6 is 0 Å². The number of aryl methyl sites for hydroxylation is 2. The molecule has 1 fully saturated rings. The molecular formula is C17H23N3. The molecule has 0 spiro atoms. The van der Waals surface area contributed by atoms with Gasteiger partial charge in [-0.15, -0.1) is 0 Å². The van der Waals surface area contributed by atoms with Crippen molar-refractivity contribution >= 4 is 11.6 Å². The van der Waals surface area contributed by atoms with Gasteiger partial charge in [0.2, 0.25) is 5.95 Å². The minimum Gasteiger partial charge on any atom is -0.325 e. The second-order valence-electron chi connectivity index (χ2n) is 5.69. The summed E-state index contributed by atoms with van der Waals surface area (Å²) in [5, 5.41) is 3.54. The molecule has 106 valence electrons. The van der Waals surface area contributed by atoms with Gasteiger partial charge in [-0.3, -0.25) is 0 Å². The Bertz CT molecular complexity index is 580. The molecule has 0 radical (unpaired) electrons.